The molecule has 0 aliphatic carbocycles. The Morgan fingerprint density at radius 2 is 1.95 bits per heavy atom. The number of hydrogen-bond donors (Lipinski definition) is 1. The number of hydrogen-bond acceptors (Lipinski definition) is 2. The lowest BCUT2D eigenvalue weighted by atomic mass is 9.77. The van der Waals surface area contributed by atoms with Gasteiger partial charge in [-0.05, 0) is 17.7 Å². The Morgan fingerprint density at radius 1 is 1.32 bits per heavy atom. The first-order chi connectivity index (χ1) is 9.04. The van der Waals surface area contributed by atoms with Gasteiger partial charge >= 0.3 is 0 Å². The Hall–Kier alpha value is -1.67. The highest BCUT2D eigenvalue weighted by atomic mass is 14.8. The van der Waals surface area contributed by atoms with Crippen LogP contribution in [0, 0.1) is 0 Å². The molecule has 2 nitrogen and oxygen atoms in total. The van der Waals surface area contributed by atoms with E-state index in [4.69, 9.17) is 5.73 Å². The van der Waals surface area contributed by atoms with E-state index >= 15 is 0 Å². The van der Waals surface area contributed by atoms with E-state index in [1.807, 2.05) is 38.1 Å². The predicted molar refractivity (Wildman–Crippen MR) is 85.1 cm³/mol. The summed E-state index contributed by atoms with van der Waals surface area (Å²) < 4.78 is 0. The summed E-state index contributed by atoms with van der Waals surface area (Å²) in [7, 11) is 0. The molecule has 0 saturated heterocycles. The van der Waals surface area contributed by atoms with Gasteiger partial charge in [-0.15, -0.1) is 0 Å². The number of nitrogens with two attached hydrogens (primary N) is 1. The van der Waals surface area contributed by atoms with Crippen LogP contribution in [-0.4, -0.2) is 11.0 Å². The fraction of sp³-hybridized carbons (Fsp3) is 0.353. The molecular formula is C17H26N2. The van der Waals surface area contributed by atoms with Crippen molar-refractivity contribution < 1.29 is 0 Å². The SMILES string of the molecule is C=C/C=C(\C=C)C(N)C(C)(C)c1ccccn1.CC. The van der Waals surface area contributed by atoms with Crippen LogP contribution in [0.4, 0.5) is 0 Å². The van der Waals surface area contributed by atoms with Gasteiger partial charge in [0.05, 0.1) is 0 Å². The Labute approximate surface area is 117 Å². The van der Waals surface area contributed by atoms with Crippen molar-refractivity contribution in [1.82, 2.24) is 4.98 Å². The summed E-state index contributed by atoms with van der Waals surface area (Å²) in [5, 5.41) is 0. The van der Waals surface area contributed by atoms with Crippen LogP contribution in [-0.2, 0) is 5.41 Å². The lowest BCUT2D eigenvalue weighted by Crippen LogP contribution is -2.42. The van der Waals surface area contributed by atoms with Crippen LogP contribution in [0.5, 0.6) is 0 Å². The smallest absolute Gasteiger partial charge is 0.0478 e. The van der Waals surface area contributed by atoms with E-state index in [1.165, 1.54) is 0 Å². The van der Waals surface area contributed by atoms with E-state index < -0.39 is 0 Å². The normalized spacial score (nSPS) is 13.0. The Morgan fingerprint density at radius 3 is 2.37 bits per heavy atom. The first-order valence-corrected chi connectivity index (χ1v) is 6.66. The summed E-state index contributed by atoms with van der Waals surface area (Å²) in [4.78, 5) is 4.38. The summed E-state index contributed by atoms with van der Waals surface area (Å²) in [6.07, 6.45) is 7.18. The highest BCUT2D eigenvalue weighted by Gasteiger charge is 2.31. The summed E-state index contributed by atoms with van der Waals surface area (Å²) in [5.74, 6) is 0. The number of nitrogens with zero attached hydrogens (tertiary/aromatic N) is 1. The lowest BCUT2D eigenvalue weighted by Gasteiger charge is -2.32. The summed E-state index contributed by atoms with van der Waals surface area (Å²) in [5.41, 5.74) is 8.00. The molecule has 0 fully saturated rings. The minimum atomic E-state index is -0.246. The van der Waals surface area contributed by atoms with Gasteiger partial charge in [-0.2, -0.15) is 0 Å². The van der Waals surface area contributed by atoms with Crippen molar-refractivity contribution in [3.05, 3.63) is 67.0 Å². The zero-order valence-electron chi connectivity index (χ0n) is 12.6. The third-order valence-corrected chi connectivity index (χ3v) is 3.01. The average Bonchev–Trinajstić information content (AvgIpc) is 2.47. The van der Waals surface area contributed by atoms with Gasteiger partial charge in [-0.3, -0.25) is 4.98 Å². The zero-order chi connectivity index (χ0) is 14.9. The molecule has 104 valence electrons. The largest absolute Gasteiger partial charge is 0.323 e. The molecular weight excluding hydrogens is 232 g/mol. The van der Waals surface area contributed by atoms with Crippen molar-refractivity contribution >= 4 is 0 Å². The molecule has 19 heavy (non-hydrogen) atoms. The van der Waals surface area contributed by atoms with E-state index in [-0.39, 0.29) is 11.5 Å². The maximum atomic E-state index is 6.30. The van der Waals surface area contributed by atoms with E-state index in [0.717, 1.165) is 11.3 Å². The Bertz CT molecular complexity index is 416. The maximum Gasteiger partial charge on any atom is 0.0478 e. The van der Waals surface area contributed by atoms with Crippen molar-refractivity contribution in [3.8, 4) is 0 Å². The molecule has 0 amide bonds. The van der Waals surface area contributed by atoms with Crippen LogP contribution < -0.4 is 5.73 Å². The van der Waals surface area contributed by atoms with Crippen molar-refractivity contribution in [2.24, 2.45) is 5.73 Å². The van der Waals surface area contributed by atoms with Gasteiger partial charge in [-0.25, -0.2) is 0 Å². The van der Waals surface area contributed by atoms with E-state index in [1.54, 1.807) is 18.3 Å². The van der Waals surface area contributed by atoms with Crippen molar-refractivity contribution in [3.63, 3.8) is 0 Å². The van der Waals surface area contributed by atoms with Crippen molar-refractivity contribution in [1.29, 1.82) is 0 Å². The molecule has 0 aliphatic rings. The van der Waals surface area contributed by atoms with Crippen LogP contribution in [0.1, 0.15) is 33.4 Å². The second kappa shape index (κ2) is 8.44. The Balaban J connectivity index is 0.00000154. The minimum absolute atomic E-state index is 0.159. The topological polar surface area (TPSA) is 38.9 Å². The molecule has 0 aliphatic heterocycles. The molecule has 0 spiro atoms. The fourth-order valence-electron chi connectivity index (χ4n) is 1.75. The highest BCUT2D eigenvalue weighted by molar-refractivity contribution is 5.33. The molecule has 1 aromatic heterocycles. The first-order valence-electron chi connectivity index (χ1n) is 6.66. The number of aromatic nitrogens is 1. The van der Waals surface area contributed by atoms with Gasteiger partial charge in [0.1, 0.15) is 0 Å². The number of pyridine rings is 1. The van der Waals surface area contributed by atoms with Crippen molar-refractivity contribution in [2.45, 2.75) is 39.2 Å². The van der Waals surface area contributed by atoms with E-state index in [9.17, 15) is 0 Å². The number of rotatable bonds is 5. The number of allylic oxidation sites excluding steroid dienone is 2. The lowest BCUT2D eigenvalue weighted by molar-refractivity contribution is 0.443. The summed E-state index contributed by atoms with van der Waals surface area (Å²) >= 11 is 0. The van der Waals surface area contributed by atoms with Crippen LogP contribution >= 0.6 is 0 Å². The van der Waals surface area contributed by atoms with Crippen LogP contribution in [0.2, 0.25) is 0 Å². The third-order valence-electron chi connectivity index (χ3n) is 3.01. The van der Waals surface area contributed by atoms with E-state index in [2.05, 4.69) is 32.0 Å². The van der Waals surface area contributed by atoms with Crippen LogP contribution in [0.25, 0.3) is 0 Å². The quantitative estimate of drug-likeness (QED) is 0.810. The fourth-order valence-corrected chi connectivity index (χ4v) is 1.75. The first kappa shape index (κ1) is 17.3. The molecule has 2 heteroatoms. The second-order valence-corrected chi connectivity index (χ2v) is 4.52. The van der Waals surface area contributed by atoms with Gasteiger partial charge in [-0.1, -0.05) is 65.1 Å². The minimum Gasteiger partial charge on any atom is -0.323 e. The molecule has 1 aromatic rings. The standard InChI is InChI=1S/C15H20N2.C2H6/c1-5-9-12(6-2)14(16)15(3,4)13-10-7-8-11-17-13;1-2/h5-11,14H,1-2,16H2,3-4H3;1-2H3/b12-9+;. The van der Waals surface area contributed by atoms with Crippen molar-refractivity contribution in [2.75, 3.05) is 0 Å². The second-order valence-electron chi connectivity index (χ2n) is 4.52. The molecule has 0 bridgehead atoms. The zero-order valence-corrected chi connectivity index (χ0v) is 12.6. The summed E-state index contributed by atoms with van der Waals surface area (Å²) in [6, 6.07) is 5.71. The van der Waals surface area contributed by atoms with Gasteiger partial charge in [0.25, 0.3) is 0 Å². The Kier molecular flexibility index (Phi) is 7.69. The van der Waals surface area contributed by atoms with Gasteiger partial charge < -0.3 is 5.73 Å². The molecule has 1 rings (SSSR count). The van der Waals surface area contributed by atoms with Gasteiger partial charge in [0, 0.05) is 23.3 Å². The maximum absolute atomic E-state index is 6.30. The summed E-state index contributed by atoms with van der Waals surface area (Å²) in [6.45, 7) is 15.6. The monoisotopic (exact) mass is 258 g/mol. The molecule has 2 N–H and O–H groups in total. The van der Waals surface area contributed by atoms with E-state index in [0.29, 0.717) is 0 Å². The van der Waals surface area contributed by atoms with Gasteiger partial charge in [0.15, 0.2) is 0 Å². The molecule has 0 aromatic carbocycles. The molecule has 0 radical (unpaired) electrons. The molecule has 0 saturated carbocycles. The molecule has 1 heterocycles. The van der Waals surface area contributed by atoms with Crippen LogP contribution in [0.3, 0.4) is 0 Å². The third kappa shape index (κ3) is 4.49. The molecule has 1 unspecified atom stereocenters. The average molecular weight is 258 g/mol. The van der Waals surface area contributed by atoms with Crippen LogP contribution in [0.15, 0.2) is 61.4 Å². The molecule has 1 atom stereocenters. The predicted octanol–water partition coefficient (Wildman–Crippen LogP) is 4.01. The highest BCUT2D eigenvalue weighted by Crippen LogP contribution is 2.28. The van der Waals surface area contributed by atoms with Gasteiger partial charge in [0.2, 0.25) is 0 Å².